The molecule has 276 valence electrons. The Morgan fingerprint density at radius 3 is 2.11 bits per heavy atom. The third-order valence-electron chi connectivity index (χ3n) is 13.0. The highest BCUT2D eigenvalue weighted by Gasteiger charge is 2.38. The highest BCUT2D eigenvalue weighted by Crippen LogP contribution is 2.51. The molecule has 0 N–H and O–H groups in total. The highest BCUT2D eigenvalue weighted by molar-refractivity contribution is 5.89. The van der Waals surface area contributed by atoms with Gasteiger partial charge in [-0.15, -0.1) is 0 Å². The molecule has 0 heterocycles. The zero-order valence-electron chi connectivity index (χ0n) is 33.9. The molecule has 0 fully saturated rings. The van der Waals surface area contributed by atoms with Gasteiger partial charge in [-0.2, -0.15) is 0 Å². The average Bonchev–Trinajstić information content (AvgIpc) is 3.17. The van der Waals surface area contributed by atoms with Gasteiger partial charge >= 0.3 is 0 Å². The second-order valence-corrected chi connectivity index (χ2v) is 18.0. The molecule has 1 heteroatoms. The van der Waals surface area contributed by atoms with Crippen molar-refractivity contribution in [3.63, 3.8) is 0 Å². The number of benzene rings is 3. The van der Waals surface area contributed by atoms with Crippen LogP contribution in [0.15, 0.2) is 144 Å². The molecule has 0 saturated heterocycles. The summed E-state index contributed by atoms with van der Waals surface area (Å²) in [5.74, 6) is 1.97. The van der Waals surface area contributed by atoms with Gasteiger partial charge in [-0.1, -0.05) is 173 Å². The van der Waals surface area contributed by atoms with Crippen LogP contribution in [0.2, 0.25) is 0 Å². The van der Waals surface area contributed by atoms with Crippen LogP contribution in [0, 0.1) is 24.7 Å². The lowest BCUT2D eigenvalue weighted by molar-refractivity contribution is 0.399. The summed E-state index contributed by atoms with van der Waals surface area (Å²) >= 11 is 0. The third-order valence-corrected chi connectivity index (χ3v) is 13.0. The van der Waals surface area contributed by atoms with Gasteiger partial charge in [-0.3, -0.25) is 0 Å². The largest absolute Gasteiger partial charge is 0.338 e. The maximum Gasteiger partial charge on any atom is 0.0557 e. The van der Waals surface area contributed by atoms with Crippen molar-refractivity contribution < 1.29 is 0 Å². The summed E-state index contributed by atoms with van der Waals surface area (Å²) in [6.45, 7) is 18.6. The van der Waals surface area contributed by atoms with Crippen molar-refractivity contribution in [3.05, 3.63) is 183 Å². The van der Waals surface area contributed by atoms with Crippen LogP contribution in [0.3, 0.4) is 0 Å². The lowest BCUT2D eigenvalue weighted by Crippen LogP contribution is -2.43. The topological polar surface area (TPSA) is 3.24 Å². The fraction of sp³-hybridized carbons (Fsp3) is 0.358. The van der Waals surface area contributed by atoms with Gasteiger partial charge in [0, 0.05) is 22.5 Å². The Balaban J connectivity index is 1.35. The summed E-state index contributed by atoms with van der Waals surface area (Å²) in [5.41, 5.74) is 15.7. The van der Waals surface area contributed by atoms with E-state index in [0.717, 1.165) is 25.7 Å². The zero-order valence-corrected chi connectivity index (χ0v) is 33.9. The Morgan fingerprint density at radius 1 is 0.741 bits per heavy atom. The lowest BCUT2D eigenvalue weighted by atomic mass is 9.66. The first-order chi connectivity index (χ1) is 26.0. The summed E-state index contributed by atoms with van der Waals surface area (Å²) in [4.78, 5) is 2.71. The van der Waals surface area contributed by atoms with Crippen molar-refractivity contribution in [1.29, 1.82) is 0 Å². The first kappa shape index (κ1) is 36.4. The van der Waals surface area contributed by atoms with Crippen LogP contribution in [0.1, 0.15) is 114 Å². The van der Waals surface area contributed by atoms with E-state index in [9.17, 15) is 0 Å². The van der Waals surface area contributed by atoms with E-state index in [-0.39, 0.29) is 17.4 Å². The molecular formula is C53H59N. The molecule has 5 aliphatic carbocycles. The quantitative estimate of drug-likeness (QED) is 0.236. The molecule has 1 nitrogen and oxygen atoms in total. The average molecular weight is 710 g/mol. The van der Waals surface area contributed by atoms with E-state index < -0.39 is 0 Å². The summed E-state index contributed by atoms with van der Waals surface area (Å²) in [5, 5.41) is 2.78. The molecule has 6 atom stereocenters. The molecule has 0 bridgehead atoms. The minimum Gasteiger partial charge on any atom is -0.338 e. The third kappa shape index (κ3) is 6.92. The van der Waals surface area contributed by atoms with Gasteiger partial charge in [0.25, 0.3) is 0 Å². The summed E-state index contributed by atoms with van der Waals surface area (Å²) in [7, 11) is 0. The number of hydrogen-bond donors (Lipinski definition) is 0. The van der Waals surface area contributed by atoms with Crippen LogP contribution in [-0.2, 0) is 5.41 Å². The van der Waals surface area contributed by atoms with Gasteiger partial charge < -0.3 is 4.90 Å². The lowest BCUT2D eigenvalue weighted by Gasteiger charge is -2.42. The molecule has 54 heavy (non-hydrogen) atoms. The van der Waals surface area contributed by atoms with Crippen molar-refractivity contribution in [2.75, 3.05) is 0 Å². The fourth-order valence-corrected chi connectivity index (χ4v) is 9.72. The van der Waals surface area contributed by atoms with E-state index in [0.29, 0.717) is 23.7 Å². The molecule has 8 rings (SSSR count). The summed E-state index contributed by atoms with van der Waals surface area (Å²) in [6.07, 6.45) is 28.6. The molecule has 0 aromatic heterocycles. The van der Waals surface area contributed by atoms with E-state index >= 15 is 0 Å². The molecule has 0 saturated carbocycles. The highest BCUT2D eigenvalue weighted by atomic mass is 15.2. The smallest absolute Gasteiger partial charge is 0.0557 e. The van der Waals surface area contributed by atoms with Crippen LogP contribution in [0.5, 0.6) is 0 Å². The minimum atomic E-state index is 0.0568. The monoisotopic (exact) mass is 709 g/mol. The maximum atomic E-state index is 2.71. The number of fused-ring (bicyclic) bond motifs is 4. The molecule has 0 radical (unpaired) electrons. The molecular weight excluding hydrogens is 651 g/mol. The normalized spacial score (nSPS) is 24.4. The Bertz CT molecular complexity index is 2290. The Labute approximate surface area is 325 Å². The second kappa shape index (κ2) is 14.6. The predicted octanol–water partition coefficient (Wildman–Crippen LogP) is 12.1. The minimum absolute atomic E-state index is 0.0568. The van der Waals surface area contributed by atoms with Crippen LogP contribution in [0.4, 0.5) is 0 Å². The van der Waals surface area contributed by atoms with Crippen LogP contribution >= 0.6 is 0 Å². The number of rotatable bonds is 7. The molecule has 0 spiro atoms. The summed E-state index contributed by atoms with van der Waals surface area (Å²) in [6, 6.07) is 26.6. The van der Waals surface area contributed by atoms with Gasteiger partial charge in [-0.05, 0) is 120 Å². The Hall–Kier alpha value is -4.62. The van der Waals surface area contributed by atoms with Gasteiger partial charge in [-0.25, -0.2) is 0 Å². The Kier molecular flexibility index (Phi) is 9.80. The SMILES string of the molecule is CC1=CCC(C(c2ccc(C)cc2)C(C)C2=CC3=c4ccccc4=C(N(C4=CCC(C)C=C4)C4C=CC(C)=CC4)CC3c3ccc(C(C)(C)C)cc32)C=C1. The maximum absolute atomic E-state index is 2.71. The van der Waals surface area contributed by atoms with Crippen molar-refractivity contribution in [2.24, 2.45) is 17.8 Å². The van der Waals surface area contributed by atoms with Crippen LogP contribution < -0.4 is 10.4 Å². The molecule has 0 aliphatic heterocycles. The molecule has 0 amide bonds. The van der Waals surface area contributed by atoms with E-state index in [1.807, 2.05) is 0 Å². The van der Waals surface area contributed by atoms with Crippen molar-refractivity contribution in [3.8, 4) is 0 Å². The van der Waals surface area contributed by atoms with Crippen LogP contribution in [0.25, 0.3) is 16.8 Å². The van der Waals surface area contributed by atoms with E-state index in [2.05, 4.69) is 188 Å². The van der Waals surface area contributed by atoms with Crippen LogP contribution in [-0.4, -0.2) is 10.9 Å². The standard InChI is InChI=1S/C53H59N/c1-34-13-21-39(22-14-34)52(40-23-15-35(2)16-24-40)38(5)47-32-49-44-11-9-10-12-46(44)51(33-50(49)45-30-25-41(31-48(45)47)53(6,7)8)54(42-26-17-36(3)18-27-42)43-28-19-37(4)20-29-43/h9-19,21-23,25-26,28-32,37-38,40,42,50,52H,20,24,27,33H2,1-8H3. The first-order valence-electron chi connectivity index (χ1n) is 20.6. The number of hydrogen-bond acceptors (Lipinski definition) is 1. The van der Waals surface area contributed by atoms with E-state index in [1.165, 1.54) is 71.9 Å². The van der Waals surface area contributed by atoms with Gasteiger partial charge in [0.05, 0.1) is 6.04 Å². The number of nitrogens with zero attached hydrogens (tertiary/aromatic N) is 1. The predicted molar refractivity (Wildman–Crippen MR) is 231 cm³/mol. The summed E-state index contributed by atoms with van der Waals surface area (Å²) < 4.78 is 0. The molecule has 3 aromatic carbocycles. The van der Waals surface area contributed by atoms with Crippen molar-refractivity contribution in [1.82, 2.24) is 4.90 Å². The van der Waals surface area contributed by atoms with Gasteiger partial charge in [0.15, 0.2) is 0 Å². The second-order valence-electron chi connectivity index (χ2n) is 18.0. The van der Waals surface area contributed by atoms with Gasteiger partial charge in [0.2, 0.25) is 0 Å². The molecule has 6 unspecified atom stereocenters. The molecule has 5 aliphatic rings. The van der Waals surface area contributed by atoms with E-state index in [1.54, 1.807) is 0 Å². The Morgan fingerprint density at radius 2 is 1.46 bits per heavy atom. The zero-order chi connectivity index (χ0) is 37.7. The number of aryl methyl sites for hydroxylation is 1. The first-order valence-corrected chi connectivity index (χ1v) is 20.6. The number of allylic oxidation sites excluding steroid dienone is 11. The van der Waals surface area contributed by atoms with Crippen molar-refractivity contribution >= 4 is 16.8 Å². The molecule has 3 aromatic rings. The fourth-order valence-electron chi connectivity index (χ4n) is 9.72. The van der Waals surface area contributed by atoms with E-state index in [4.69, 9.17) is 0 Å². The van der Waals surface area contributed by atoms with Crippen molar-refractivity contribution in [2.45, 2.75) is 104 Å². The van der Waals surface area contributed by atoms with Gasteiger partial charge in [0.1, 0.15) is 0 Å².